The fourth-order valence-electron chi connectivity index (χ4n) is 1.69. The Morgan fingerprint density at radius 2 is 1.55 bits per heavy atom. The quantitative estimate of drug-likeness (QED) is 0.870. The first-order valence-electron chi connectivity index (χ1n) is 6.17. The van der Waals surface area contributed by atoms with Crippen LogP contribution >= 0.6 is 0 Å². The van der Waals surface area contributed by atoms with Gasteiger partial charge in [0.15, 0.2) is 0 Å². The van der Waals surface area contributed by atoms with Crippen molar-refractivity contribution >= 4 is 10.0 Å². The number of aryl methyl sites for hydroxylation is 1. The molecule has 0 aromatic heterocycles. The molecule has 4 nitrogen and oxygen atoms in total. The highest BCUT2D eigenvalue weighted by atomic mass is 32.2. The number of benzene rings is 2. The van der Waals surface area contributed by atoms with Crippen molar-refractivity contribution in [2.75, 3.05) is 14.1 Å². The van der Waals surface area contributed by atoms with E-state index in [2.05, 4.69) is 0 Å². The second-order valence-corrected chi connectivity index (χ2v) is 6.78. The molecule has 0 aliphatic rings. The molecule has 0 N–H and O–H groups in total. The number of sulfonamides is 1. The third-order valence-electron chi connectivity index (χ3n) is 2.92. The number of ether oxygens (including phenoxy) is 1. The Labute approximate surface area is 119 Å². The van der Waals surface area contributed by atoms with E-state index < -0.39 is 10.0 Å². The zero-order valence-electron chi connectivity index (χ0n) is 11.7. The third-order valence-corrected chi connectivity index (χ3v) is 4.75. The molecule has 2 aromatic rings. The number of hydrogen-bond acceptors (Lipinski definition) is 3. The summed E-state index contributed by atoms with van der Waals surface area (Å²) >= 11 is 0. The molecule has 0 atom stereocenters. The van der Waals surface area contributed by atoms with Gasteiger partial charge in [0.2, 0.25) is 10.0 Å². The molecular formula is C15H17NO3S. The minimum absolute atomic E-state index is 0.250. The molecule has 5 heteroatoms. The number of rotatable bonds is 4. The van der Waals surface area contributed by atoms with Crippen LogP contribution in [0.2, 0.25) is 0 Å². The van der Waals surface area contributed by atoms with Gasteiger partial charge < -0.3 is 4.74 Å². The Balaban J connectivity index is 2.24. The first-order valence-corrected chi connectivity index (χ1v) is 7.61. The normalized spacial score (nSPS) is 11.6. The van der Waals surface area contributed by atoms with E-state index >= 15 is 0 Å². The predicted octanol–water partition coefficient (Wildman–Crippen LogP) is 3.04. The fraction of sp³-hybridized carbons (Fsp3) is 0.200. The van der Waals surface area contributed by atoms with Gasteiger partial charge in [0, 0.05) is 14.1 Å². The Kier molecular flexibility index (Phi) is 4.11. The maximum atomic E-state index is 11.9. The van der Waals surface area contributed by atoms with Crippen LogP contribution in [0, 0.1) is 6.92 Å². The lowest BCUT2D eigenvalue weighted by Gasteiger charge is -2.12. The van der Waals surface area contributed by atoms with Gasteiger partial charge >= 0.3 is 0 Å². The number of nitrogens with zero attached hydrogens (tertiary/aromatic N) is 1. The van der Waals surface area contributed by atoms with Crippen LogP contribution in [0.25, 0.3) is 0 Å². The minimum atomic E-state index is -3.40. The van der Waals surface area contributed by atoms with Crippen LogP contribution < -0.4 is 4.74 Å². The Morgan fingerprint density at radius 1 is 0.950 bits per heavy atom. The molecular weight excluding hydrogens is 274 g/mol. The van der Waals surface area contributed by atoms with E-state index in [0.29, 0.717) is 5.75 Å². The van der Waals surface area contributed by atoms with Crippen molar-refractivity contribution < 1.29 is 13.2 Å². The van der Waals surface area contributed by atoms with Crippen molar-refractivity contribution in [3.63, 3.8) is 0 Å². The van der Waals surface area contributed by atoms with Gasteiger partial charge in [0.05, 0.1) is 4.90 Å². The molecule has 2 aromatic carbocycles. The SMILES string of the molecule is Cc1ccccc1Oc1ccc(S(=O)(=O)N(C)C)cc1. The van der Waals surface area contributed by atoms with E-state index in [1.165, 1.54) is 18.4 Å². The summed E-state index contributed by atoms with van der Waals surface area (Å²) in [6.07, 6.45) is 0. The van der Waals surface area contributed by atoms with E-state index in [0.717, 1.165) is 11.3 Å². The molecule has 0 spiro atoms. The lowest BCUT2D eigenvalue weighted by molar-refractivity contribution is 0.478. The van der Waals surface area contributed by atoms with Crippen LogP contribution in [0.1, 0.15) is 5.56 Å². The molecule has 0 saturated carbocycles. The minimum Gasteiger partial charge on any atom is -0.457 e. The van der Waals surface area contributed by atoms with Crippen molar-refractivity contribution in [1.82, 2.24) is 4.31 Å². The summed E-state index contributed by atoms with van der Waals surface area (Å²) in [6, 6.07) is 14.1. The Hall–Kier alpha value is -1.85. The van der Waals surface area contributed by atoms with Crippen LogP contribution in [-0.2, 0) is 10.0 Å². The van der Waals surface area contributed by atoms with Crippen molar-refractivity contribution in [3.05, 3.63) is 54.1 Å². The van der Waals surface area contributed by atoms with Crippen molar-refractivity contribution in [2.45, 2.75) is 11.8 Å². The molecule has 0 heterocycles. The standard InChI is InChI=1S/C15H17NO3S/c1-12-6-4-5-7-15(12)19-13-8-10-14(11-9-13)20(17,18)16(2)3/h4-11H,1-3H3. The highest BCUT2D eigenvalue weighted by Gasteiger charge is 2.16. The van der Waals surface area contributed by atoms with Gasteiger partial charge in [0.25, 0.3) is 0 Å². The third kappa shape index (κ3) is 3.00. The summed E-state index contributed by atoms with van der Waals surface area (Å²) in [5.74, 6) is 1.37. The highest BCUT2D eigenvalue weighted by Crippen LogP contribution is 2.25. The van der Waals surface area contributed by atoms with Gasteiger partial charge in [-0.1, -0.05) is 18.2 Å². The van der Waals surface area contributed by atoms with Crippen LogP contribution in [0.3, 0.4) is 0 Å². The second-order valence-electron chi connectivity index (χ2n) is 4.63. The van der Waals surface area contributed by atoms with Crippen LogP contribution in [0.4, 0.5) is 0 Å². The zero-order valence-corrected chi connectivity index (χ0v) is 12.5. The Morgan fingerprint density at radius 3 is 2.10 bits per heavy atom. The molecule has 0 amide bonds. The maximum Gasteiger partial charge on any atom is 0.242 e. The van der Waals surface area contributed by atoms with Crippen LogP contribution in [-0.4, -0.2) is 26.8 Å². The maximum absolute atomic E-state index is 11.9. The van der Waals surface area contributed by atoms with Gasteiger partial charge in [0.1, 0.15) is 11.5 Å². The summed E-state index contributed by atoms with van der Waals surface area (Å²) < 4.78 is 30.8. The number of hydrogen-bond donors (Lipinski definition) is 0. The van der Waals surface area contributed by atoms with E-state index in [-0.39, 0.29) is 4.90 Å². The molecule has 0 unspecified atom stereocenters. The first-order chi connectivity index (χ1) is 9.41. The molecule has 0 saturated heterocycles. The van der Waals surface area contributed by atoms with Crippen LogP contribution in [0.5, 0.6) is 11.5 Å². The van der Waals surface area contributed by atoms with Gasteiger partial charge in [-0.25, -0.2) is 12.7 Å². The first kappa shape index (κ1) is 14.6. The second kappa shape index (κ2) is 5.64. The predicted molar refractivity (Wildman–Crippen MR) is 78.6 cm³/mol. The largest absolute Gasteiger partial charge is 0.457 e. The molecule has 106 valence electrons. The monoisotopic (exact) mass is 291 g/mol. The van der Waals surface area contributed by atoms with Gasteiger partial charge in [-0.3, -0.25) is 0 Å². The smallest absolute Gasteiger partial charge is 0.242 e. The van der Waals surface area contributed by atoms with Crippen molar-refractivity contribution in [2.24, 2.45) is 0 Å². The van der Waals surface area contributed by atoms with E-state index in [1.807, 2.05) is 31.2 Å². The lowest BCUT2D eigenvalue weighted by Crippen LogP contribution is -2.22. The average Bonchev–Trinajstić information content (AvgIpc) is 2.42. The highest BCUT2D eigenvalue weighted by molar-refractivity contribution is 7.89. The molecule has 2 rings (SSSR count). The molecule has 0 aliphatic heterocycles. The molecule has 0 radical (unpaired) electrons. The summed E-state index contributed by atoms with van der Waals surface area (Å²) in [7, 11) is -0.383. The molecule has 20 heavy (non-hydrogen) atoms. The molecule has 0 aliphatic carbocycles. The van der Waals surface area contributed by atoms with Crippen molar-refractivity contribution in [1.29, 1.82) is 0 Å². The van der Waals surface area contributed by atoms with E-state index in [9.17, 15) is 8.42 Å². The Bertz CT molecular complexity index is 691. The fourth-order valence-corrected chi connectivity index (χ4v) is 2.59. The summed E-state index contributed by atoms with van der Waals surface area (Å²) in [5.41, 5.74) is 1.03. The van der Waals surface area contributed by atoms with Gasteiger partial charge in [-0.05, 0) is 42.8 Å². The molecule has 0 bridgehead atoms. The topological polar surface area (TPSA) is 46.6 Å². The van der Waals surface area contributed by atoms with Gasteiger partial charge in [-0.15, -0.1) is 0 Å². The van der Waals surface area contributed by atoms with Gasteiger partial charge in [-0.2, -0.15) is 0 Å². The lowest BCUT2D eigenvalue weighted by atomic mass is 10.2. The number of para-hydroxylation sites is 1. The summed E-state index contributed by atoms with van der Waals surface area (Å²) in [5, 5.41) is 0. The van der Waals surface area contributed by atoms with E-state index in [4.69, 9.17) is 4.74 Å². The summed E-state index contributed by atoms with van der Waals surface area (Å²) in [6.45, 7) is 1.96. The van der Waals surface area contributed by atoms with Crippen LogP contribution in [0.15, 0.2) is 53.4 Å². The zero-order chi connectivity index (χ0) is 14.8. The van der Waals surface area contributed by atoms with Crippen molar-refractivity contribution in [3.8, 4) is 11.5 Å². The van der Waals surface area contributed by atoms with E-state index in [1.54, 1.807) is 24.3 Å². The average molecular weight is 291 g/mol. The molecule has 0 fully saturated rings. The summed E-state index contributed by atoms with van der Waals surface area (Å²) in [4.78, 5) is 0.250.